The summed E-state index contributed by atoms with van der Waals surface area (Å²) in [4.78, 5) is 43.6. The summed E-state index contributed by atoms with van der Waals surface area (Å²) in [7, 11) is 0. The number of ketones is 1. The number of aryl methyl sites for hydroxylation is 1. The van der Waals surface area contributed by atoms with Crippen LogP contribution >= 0.6 is 0 Å². The molecule has 0 amide bonds. The molecule has 1 aliphatic heterocycles. The number of aromatic nitrogens is 2. The summed E-state index contributed by atoms with van der Waals surface area (Å²) in [5, 5.41) is 11.3. The minimum atomic E-state index is -0.660. The molecule has 0 spiro atoms. The predicted octanol–water partition coefficient (Wildman–Crippen LogP) is 3.48. The number of nitro groups is 1. The second-order valence-corrected chi connectivity index (χ2v) is 7.58. The van der Waals surface area contributed by atoms with Crippen LogP contribution in [0.25, 0.3) is 0 Å². The SMILES string of the molecule is CCOC(=O)C1CCN(c2cc(Oc3ccc(CCC(C)=O)cc3)nc([N+](=O)[O-])n2)CC1. The van der Waals surface area contributed by atoms with Gasteiger partial charge in [0.25, 0.3) is 0 Å². The minimum Gasteiger partial charge on any atom is -0.466 e. The quantitative estimate of drug-likeness (QED) is 0.326. The molecule has 2 heterocycles. The molecule has 0 saturated carbocycles. The van der Waals surface area contributed by atoms with Crippen LogP contribution < -0.4 is 9.64 Å². The minimum absolute atomic E-state index is 0.0608. The number of benzene rings is 1. The number of hydrogen-bond acceptors (Lipinski definition) is 9. The van der Waals surface area contributed by atoms with E-state index in [0.29, 0.717) is 56.9 Å². The summed E-state index contributed by atoms with van der Waals surface area (Å²) in [6, 6.07) is 8.70. The van der Waals surface area contributed by atoms with Crippen LogP contribution in [-0.2, 0) is 20.7 Å². The zero-order valence-electron chi connectivity index (χ0n) is 18.2. The second-order valence-electron chi connectivity index (χ2n) is 7.58. The number of anilines is 1. The third-order valence-corrected chi connectivity index (χ3v) is 5.19. The molecule has 1 aromatic carbocycles. The fraction of sp³-hybridized carbons (Fsp3) is 0.455. The zero-order chi connectivity index (χ0) is 23.1. The molecular formula is C22H26N4O6. The van der Waals surface area contributed by atoms with Gasteiger partial charge in [-0.2, -0.15) is 0 Å². The molecular weight excluding hydrogens is 416 g/mol. The van der Waals surface area contributed by atoms with Crippen molar-refractivity contribution in [2.75, 3.05) is 24.6 Å². The fourth-order valence-corrected chi connectivity index (χ4v) is 3.47. The van der Waals surface area contributed by atoms with Crippen LogP contribution in [0.15, 0.2) is 30.3 Å². The van der Waals surface area contributed by atoms with E-state index >= 15 is 0 Å². The van der Waals surface area contributed by atoms with E-state index in [4.69, 9.17) is 9.47 Å². The second kappa shape index (κ2) is 10.7. The van der Waals surface area contributed by atoms with Crippen molar-refractivity contribution < 1.29 is 24.0 Å². The molecule has 170 valence electrons. The summed E-state index contributed by atoms with van der Waals surface area (Å²) in [6.45, 7) is 4.70. The zero-order valence-corrected chi connectivity index (χ0v) is 18.2. The van der Waals surface area contributed by atoms with Crippen molar-refractivity contribution in [3.05, 3.63) is 46.0 Å². The summed E-state index contributed by atoms with van der Waals surface area (Å²) in [5.41, 5.74) is 0.992. The predicted molar refractivity (Wildman–Crippen MR) is 116 cm³/mol. The highest BCUT2D eigenvalue weighted by atomic mass is 16.6. The Bertz CT molecular complexity index is 971. The Morgan fingerprint density at radius 1 is 1.19 bits per heavy atom. The molecule has 0 atom stereocenters. The maximum atomic E-state index is 11.9. The molecule has 0 bridgehead atoms. The number of piperidine rings is 1. The smallest absolute Gasteiger partial charge is 0.466 e. The number of ether oxygens (including phenoxy) is 2. The normalized spacial score (nSPS) is 14.1. The Morgan fingerprint density at radius 2 is 1.88 bits per heavy atom. The maximum Gasteiger partial charge on any atom is 0.474 e. The number of esters is 1. The van der Waals surface area contributed by atoms with Gasteiger partial charge in [0, 0.05) is 19.5 Å². The van der Waals surface area contributed by atoms with Crippen LogP contribution in [0.1, 0.15) is 38.7 Å². The molecule has 1 aliphatic rings. The molecule has 0 N–H and O–H groups in total. The molecule has 1 aromatic heterocycles. The van der Waals surface area contributed by atoms with E-state index in [1.807, 2.05) is 17.0 Å². The first-order valence-electron chi connectivity index (χ1n) is 10.6. The highest BCUT2D eigenvalue weighted by Crippen LogP contribution is 2.29. The highest BCUT2D eigenvalue weighted by Gasteiger charge is 2.29. The summed E-state index contributed by atoms with van der Waals surface area (Å²) >= 11 is 0. The number of hydrogen-bond donors (Lipinski definition) is 0. The number of Topliss-reactive ketones (excluding diaryl/α,β-unsaturated/α-hetero) is 1. The van der Waals surface area contributed by atoms with Gasteiger partial charge in [-0.3, -0.25) is 4.79 Å². The third-order valence-electron chi connectivity index (χ3n) is 5.19. The standard InChI is InChI=1S/C22H26N4O6/c1-3-31-21(28)17-10-12-25(13-11-17)19-14-20(24-22(23-19)26(29)30)32-18-8-6-16(7-9-18)5-4-15(2)27/h6-9,14,17H,3-5,10-13H2,1-2H3. The van der Waals surface area contributed by atoms with Gasteiger partial charge in [-0.15, -0.1) is 0 Å². The lowest BCUT2D eigenvalue weighted by atomic mass is 9.97. The van der Waals surface area contributed by atoms with Gasteiger partial charge >= 0.3 is 17.8 Å². The van der Waals surface area contributed by atoms with Gasteiger partial charge in [0.2, 0.25) is 5.82 Å². The Kier molecular flexibility index (Phi) is 7.69. The van der Waals surface area contributed by atoms with Crippen LogP contribution in [0.2, 0.25) is 0 Å². The third kappa shape index (κ3) is 6.22. The average molecular weight is 442 g/mol. The number of carbonyl (C=O) groups is 2. The van der Waals surface area contributed by atoms with Crippen LogP contribution in [0.5, 0.6) is 11.6 Å². The Morgan fingerprint density at radius 3 is 2.47 bits per heavy atom. The molecule has 0 aliphatic carbocycles. The summed E-state index contributed by atoms with van der Waals surface area (Å²) in [6.07, 6.45) is 2.26. The van der Waals surface area contributed by atoms with Crippen LogP contribution in [-0.4, -0.2) is 46.3 Å². The number of nitrogens with zero attached hydrogens (tertiary/aromatic N) is 4. The van der Waals surface area contributed by atoms with Crippen molar-refractivity contribution >= 4 is 23.5 Å². The Balaban J connectivity index is 1.72. The van der Waals surface area contributed by atoms with Crippen LogP contribution in [0.3, 0.4) is 0 Å². The van der Waals surface area contributed by atoms with Gasteiger partial charge in [-0.1, -0.05) is 12.1 Å². The first-order valence-corrected chi connectivity index (χ1v) is 10.6. The molecule has 2 aromatic rings. The van der Waals surface area contributed by atoms with E-state index in [2.05, 4.69) is 9.97 Å². The van der Waals surface area contributed by atoms with E-state index in [9.17, 15) is 19.7 Å². The van der Waals surface area contributed by atoms with E-state index in [-0.39, 0.29) is 23.6 Å². The summed E-state index contributed by atoms with van der Waals surface area (Å²) in [5.74, 6) is 0.0849. The molecule has 0 unspecified atom stereocenters. The molecule has 3 rings (SSSR count). The monoisotopic (exact) mass is 442 g/mol. The van der Waals surface area contributed by atoms with E-state index in [1.165, 1.54) is 0 Å². The highest BCUT2D eigenvalue weighted by molar-refractivity contribution is 5.75. The molecule has 0 radical (unpaired) electrons. The van der Waals surface area contributed by atoms with E-state index in [1.54, 1.807) is 32.0 Å². The van der Waals surface area contributed by atoms with Crippen molar-refractivity contribution in [1.29, 1.82) is 0 Å². The lowest BCUT2D eigenvalue weighted by Crippen LogP contribution is -2.37. The van der Waals surface area contributed by atoms with Crippen molar-refractivity contribution in [2.24, 2.45) is 5.92 Å². The van der Waals surface area contributed by atoms with Gasteiger partial charge in [-0.25, -0.2) is 0 Å². The largest absolute Gasteiger partial charge is 0.474 e. The van der Waals surface area contributed by atoms with Gasteiger partial charge in [0.1, 0.15) is 11.5 Å². The molecule has 32 heavy (non-hydrogen) atoms. The number of rotatable bonds is 9. The Labute approximate surface area is 185 Å². The lowest BCUT2D eigenvalue weighted by Gasteiger charge is -2.30. The van der Waals surface area contributed by atoms with Crippen LogP contribution in [0, 0.1) is 16.0 Å². The van der Waals surface area contributed by atoms with Crippen molar-refractivity contribution in [3.63, 3.8) is 0 Å². The van der Waals surface area contributed by atoms with E-state index < -0.39 is 10.9 Å². The summed E-state index contributed by atoms with van der Waals surface area (Å²) < 4.78 is 10.8. The van der Waals surface area contributed by atoms with Crippen LogP contribution in [0.4, 0.5) is 11.8 Å². The number of carbonyl (C=O) groups excluding carboxylic acids is 2. The van der Waals surface area contributed by atoms with Crippen molar-refractivity contribution in [1.82, 2.24) is 9.97 Å². The topological polar surface area (TPSA) is 125 Å². The van der Waals surface area contributed by atoms with Gasteiger partial charge in [0.15, 0.2) is 0 Å². The molecule has 1 saturated heterocycles. The molecule has 1 fully saturated rings. The average Bonchev–Trinajstić information content (AvgIpc) is 2.78. The van der Waals surface area contributed by atoms with Crippen molar-refractivity contribution in [2.45, 2.75) is 39.5 Å². The Hall–Kier alpha value is -3.56. The first kappa shape index (κ1) is 23.1. The molecule has 10 nitrogen and oxygen atoms in total. The lowest BCUT2D eigenvalue weighted by molar-refractivity contribution is -0.394. The van der Waals surface area contributed by atoms with E-state index in [0.717, 1.165) is 5.56 Å². The van der Waals surface area contributed by atoms with Crippen molar-refractivity contribution in [3.8, 4) is 11.6 Å². The van der Waals surface area contributed by atoms with Gasteiger partial charge in [0.05, 0.1) is 18.6 Å². The first-order chi connectivity index (χ1) is 15.4. The maximum absolute atomic E-state index is 11.9. The fourth-order valence-electron chi connectivity index (χ4n) is 3.47. The van der Waals surface area contributed by atoms with Gasteiger partial charge in [-0.05, 0) is 65.7 Å². The van der Waals surface area contributed by atoms with Gasteiger partial charge < -0.3 is 29.3 Å². The molecule has 10 heteroatoms.